The van der Waals surface area contributed by atoms with Crippen molar-refractivity contribution < 1.29 is 13.2 Å². The number of nitrogen functional groups attached to an aromatic ring is 1. The Morgan fingerprint density at radius 2 is 2.15 bits per heavy atom. The number of primary amides is 1. The maximum Gasteiger partial charge on any atom is 0.243 e. The quantitative estimate of drug-likeness (QED) is 0.788. The summed E-state index contributed by atoms with van der Waals surface area (Å²) in [7, 11) is -3.73. The van der Waals surface area contributed by atoms with Gasteiger partial charge in [0.1, 0.15) is 6.04 Å². The van der Waals surface area contributed by atoms with E-state index in [1.54, 1.807) is 6.07 Å². The maximum absolute atomic E-state index is 12.6. The van der Waals surface area contributed by atoms with E-state index >= 15 is 0 Å². The molecular weight excluding hydrogens is 278 g/mol. The van der Waals surface area contributed by atoms with Gasteiger partial charge in [-0.15, -0.1) is 0 Å². The maximum atomic E-state index is 12.6. The standard InChI is InChI=1S/C13H19N3O3S/c1-2-9-5-6-10(8-11(9)14)20(18,19)16-7-3-4-12(16)13(15)17/h5-6,8,12H,2-4,7,14H2,1H3,(H2,15,17). The molecule has 0 aromatic heterocycles. The Kier molecular flexibility index (Phi) is 4.01. The first-order valence-corrected chi connectivity index (χ1v) is 8.01. The summed E-state index contributed by atoms with van der Waals surface area (Å²) >= 11 is 0. The number of hydrogen-bond donors (Lipinski definition) is 2. The third-order valence-corrected chi connectivity index (χ3v) is 5.54. The SMILES string of the molecule is CCc1ccc(S(=O)(=O)N2CCCC2C(N)=O)cc1N. The molecule has 0 saturated carbocycles. The number of amides is 1. The molecule has 1 aliphatic rings. The normalized spacial score (nSPS) is 20.1. The smallest absolute Gasteiger partial charge is 0.243 e. The molecule has 20 heavy (non-hydrogen) atoms. The monoisotopic (exact) mass is 297 g/mol. The van der Waals surface area contributed by atoms with Gasteiger partial charge in [-0.05, 0) is 37.0 Å². The van der Waals surface area contributed by atoms with Crippen LogP contribution in [0.5, 0.6) is 0 Å². The molecule has 1 atom stereocenters. The molecule has 0 bridgehead atoms. The molecule has 0 aliphatic carbocycles. The van der Waals surface area contributed by atoms with Gasteiger partial charge < -0.3 is 11.5 Å². The highest BCUT2D eigenvalue weighted by Crippen LogP contribution is 2.27. The molecule has 1 aliphatic heterocycles. The van der Waals surface area contributed by atoms with Gasteiger partial charge in [0, 0.05) is 12.2 Å². The first-order valence-electron chi connectivity index (χ1n) is 6.57. The number of anilines is 1. The van der Waals surface area contributed by atoms with Crippen LogP contribution in [-0.2, 0) is 21.2 Å². The minimum atomic E-state index is -3.73. The Labute approximate surface area is 118 Å². The minimum absolute atomic E-state index is 0.111. The molecule has 4 N–H and O–H groups in total. The lowest BCUT2D eigenvalue weighted by Gasteiger charge is -2.22. The van der Waals surface area contributed by atoms with E-state index < -0.39 is 22.0 Å². The van der Waals surface area contributed by atoms with Gasteiger partial charge in [-0.3, -0.25) is 4.79 Å². The fourth-order valence-electron chi connectivity index (χ4n) is 2.50. The van der Waals surface area contributed by atoms with E-state index in [0.29, 0.717) is 25.1 Å². The number of hydrogen-bond acceptors (Lipinski definition) is 4. The van der Waals surface area contributed by atoms with Crippen molar-refractivity contribution in [3.63, 3.8) is 0 Å². The first-order chi connectivity index (χ1) is 9.37. The zero-order chi connectivity index (χ0) is 14.9. The Balaban J connectivity index is 2.40. The lowest BCUT2D eigenvalue weighted by Crippen LogP contribution is -2.43. The molecular formula is C13H19N3O3S. The van der Waals surface area contributed by atoms with E-state index in [9.17, 15) is 13.2 Å². The molecule has 0 spiro atoms. The minimum Gasteiger partial charge on any atom is -0.398 e. The Hall–Kier alpha value is -1.60. The molecule has 110 valence electrons. The number of carbonyl (C=O) groups is 1. The van der Waals surface area contributed by atoms with Crippen molar-refractivity contribution in [1.82, 2.24) is 4.31 Å². The van der Waals surface area contributed by atoms with Crippen LogP contribution in [0, 0.1) is 0 Å². The summed E-state index contributed by atoms with van der Waals surface area (Å²) in [6, 6.07) is 3.93. The van der Waals surface area contributed by atoms with Crippen LogP contribution in [0.15, 0.2) is 23.1 Å². The number of nitrogens with two attached hydrogens (primary N) is 2. The summed E-state index contributed by atoms with van der Waals surface area (Å²) in [5, 5.41) is 0. The van der Waals surface area contributed by atoms with Crippen LogP contribution in [0.4, 0.5) is 5.69 Å². The van der Waals surface area contributed by atoms with Crippen molar-refractivity contribution >= 4 is 21.6 Å². The molecule has 1 amide bonds. The average Bonchev–Trinajstić information content (AvgIpc) is 2.88. The lowest BCUT2D eigenvalue weighted by molar-refractivity contribution is -0.121. The van der Waals surface area contributed by atoms with E-state index in [2.05, 4.69) is 0 Å². The third kappa shape index (κ3) is 2.51. The van der Waals surface area contributed by atoms with Crippen molar-refractivity contribution in [2.45, 2.75) is 37.1 Å². The highest BCUT2D eigenvalue weighted by Gasteiger charge is 2.38. The fraction of sp³-hybridized carbons (Fsp3) is 0.462. The second-order valence-corrected chi connectivity index (χ2v) is 6.78. The number of aryl methyl sites for hydroxylation is 1. The van der Waals surface area contributed by atoms with Crippen LogP contribution in [0.25, 0.3) is 0 Å². The summed E-state index contributed by atoms with van der Waals surface area (Å²) in [6.45, 7) is 2.26. The van der Waals surface area contributed by atoms with Gasteiger partial charge in [-0.2, -0.15) is 4.31 Å². The molecule has 0 radical (unpaired) electrons. The van der Waals surface area contributed by atoms with Gasteiger partial charge in [0.15, 0.2) is 0 Å². The second-order valence-electron chi connectivity index (χ2n) is 4.89. The first kappa shape index (κ1) is 14.8. The molecule has 1 saturated heterocycles. The predicted molar refractivity (Wildman–Crippen MR) is 76.3 cm³/mol. The summed E-state index contributed by atoms with van der Waals surface area (Å²) in [5.41, 5.74) is 12.5. The topological polar surface area (TPSA) is 106 Å². The lowest BCUT2D eigenvalue weighted by atomic mass is 10.1. The summed E-state index contributed by atoms with van der Waals surface area (Å²) in [4.78, 5) is 11.5. The van der Waals surface area contributed by atoms with Crippen LogP contribution < -0.4 is 11.5 Å². The Morgan fingerprint density at radius 3 is 2.70 bits per heavy atom. The van der Waals surface area contributed by atoms with E-state index in [4.69, 9.17) is 11.5 Å². The molecule has 1 heterocycles. The van der Waals surface area contributed by atoms with Gasteiger partial charge in [-0.1, -0.05) is 13.0 Å². The van der Waals surface area contributed by atoms with Crippen LogP contribution >= 0.6 is 0 Å². The van der Waals surface area contributed by atoms with Crippen LogP contribution in [-0.4, -0.2) is 31.2 Å². The van der Waals surface area contributed by atoms with Crippen molar-refractivity contribution in [1.29, 1.82) is 0 Å². The third-order valence-electron chi connectivity index (χ3n) is 3.64. The van der Waals surface area contributed by atoms with Crippen molar-refractivity contribution in [3.8, 4) is 0 Å². The molecule has 7 heteroatoms. The summed E-state index contributed by atoms with van der Waals surface area (Å²) in [6.07, 6.45) is 1.84. The molecule has 1 fully saturated rings. The van der Waals surface area contributed by atoms with Gasteiger partial charge in [0.2, 0.25) is 15.9 Å². The van der Waals surface area contributed by atoms with Crippen LogP contribution in [0.3, 0.4) is 0 Å². The zero-order valence-corrected chi connectivity index (χ0v) is 12.2. The van der Waals surface area contributed by atoms with E-state index in [1.165, 1.54) is 16.4 Å². The van der Waals surface area contributed by atoms with E-state index in [-0.39, 0.29) is 4.90 Å². The number of benzene rings is 1. The summed E-state index contributed by atoms with van der Waals surface area (Å²) in [5.74, 6) is -0.607. The highest BCUT2D eigenvalue weighted by atomic mass is 32.2. The van der Waals surface area contributed by atoms with Crippen LogP contribution in [0.2, 0.25) is 0 Å². The Bertz CT molecular complexity index is 628. The van der Waals surface area contributed by atoms with Crippen molar-refractivity contribution in [2.24, 2.45) is 5.73 Å². The van der Waals surface area contributed by atoms with Crippen LogP contribution in [0.1, 0.15) is 25.3 Å². The predicted octanol–water partition coefficient (Wildman–Crippen LogP) is 0.470. The van der Waals surface area contributed by atoms with Gasteiger partial charge in [0.25, 0.3) is 0 Å². The number of rotatable bonds is 4. The van der Waals surface area contributed by atoms with E-state index in [0.717, 1.165) is 12.0 Å². The number of carbonyl (C=O) groups excluding carboxylic acids is 1. The largest absolute Gasteiger partial charge is 0.398 e. The number of sulfonamides is 1. The van der Waals surface area contributed by atoms with Crippen molar-refractivity contribution in [3.05, 3.63) is 23.8 Å². The average molecular weight is 297 g/mol. The molecule has 2 rings (SSSR count). The van der Waals surface area contributed by atoms with Gasteiger partial charge in [-0.25, -0.2) is 8.42 Å². The summed E-state index contributed by atoms with van der Waals surface area (Å²) < 4.78 is 26.3. The molecule has 6 nitrogen and oxygen atoms in total. The second kappa shape index (κ2) is 5.41. The van der Waals surface area contributed by atoms with Gasteiger partial charge >= 0.3 is 0 Å². The molecule has 1 unspecified atom stereocenters. The Morgan fingerprint density at radius 1 is 1.45 bits per heavy atom. The number of nitrogens with zero attached hydrogens (tertiary/aromatic N) is 1. The van der Waals surface area contributed by atoms with E-state index in [1.807, 2.05) is 6.92 Å². The molecule has 1 aromatic rings. The van der Waals surface area contributed by atoms with Crippen molar-refractivity contribution in [2.75, 3.05) is 12.3 Å². The molecule has 1 aromatic carbocycles. The zero-order valence-electron chi connectivity index (χ0n) is 11.4. The highest BCUT2D eigenvalue weighted by molar-refractivity contribution is 7.89. The van der Waals surface area contributed by atoms with Gasteiger partial charge in [0.05, 0.1) is 4.90 Å². The fourth-order valence-corrected chi connectivity index (χ4v) is 4.20.